The van der Waals surface area contributed by atoms with E-state index in [4.69, 9.17) is 13.8 Å². The highest BCUT2D eigenvalue weighted by Gasteiger charge is 2.23. The zero-order valence-electron chi connectivity index (χ0n) is 15.2. The second-order valence-corrected chi connectivity index (χ2v) is 6.43. The van der Waals surface area contributed by atoms with Crippen molar-refractivity contribution in [3.05, 3.63) is 42.1 Å². The zero-order chi connectivity index (χ0) is 19.2. The molecule has 0 aromatic carbocycles. The lowest BCUT2D eigenvalue weighted by Gasteiger charge is -2.02. The number of nitrogens with zero attached hydrogens (tertiary/aromatic N) is 5. The van der Waals surface area contributed by atoms with E-state index in [1.54, 1.807) is 12.4 Å². The molecule has 28 heavy (non-hydrogen) atoms. The summed E-state index contributed by atoms with van der Waals surface area (Å²) in [5.41, 5.74) is 0.790. The van der Waals surface area contributed by atoms with Gasteiger partial charge in [0.15, 0.2) is 5.82 Å². The van der Waals surface area contributed by atoms with Gasteiger partial charge in [0.2, 0.25) is 17.6 Å². The summed E-state index contributed by atoms with van der Waals surface area (Å²) in [6.45, 7) is 0.934. The van der Waals surface area contributed by atoms with Crippen LogP contribution in [0.4, 0.5) is 0 Å². The van der Waals surface area contributed by atoms with E-state index < -0.39 is 0 Å². The number of carbonyl (C=O) groups excluding carboxylic acids is 1. The average molecular weight is 384 g/mol. The van der Waals surface area contributed by atoms with Crippen LogP contribution in [0.3, 0.4) is 0 Å². The summed E-state index contributed by atoms with van der Waals surface area (Å²) in [5.74, 6) is 1.80. The van der Waals surface area contributed by atoms with Crippen LogP contribution in [0.15, 0.2) is 33.6 Å². The molecule has 10 heteroatoms. The highest BCUT2D eigenvalue weighted by molar-refractivity contribution is 5.75. The third-order valence-corrected chi connectivity index (χ3v) is 4.31. The molecule has 1 saturated heterocycles. The third-order valence-electron chi connectivity index (χ3n) is 4.31. The van der Waals surface area contributed by atoms with Gasteiger partial charge in [0.25, 0.3) is 5.89 Å². The first-order chi connectivity index (χ1) is 13.8. The number of pyridine rings is 1. The molecule has 0 bridgehead atoms. The highest BCUT2D eigenvalue weighted by Crippen LogP contribution is 2.26. The first kappa shape index (κ1) is 18.2. The smallest absolute Gasteiger partial charge is 0.255 e. The van der Waals surface area contributed by atoms with Gasteiger partial charge in [-0.1, -0.05) is 10.3 Å². The number of hydrogen-bond acceptors (Lipinski definition) is 9. The van der Waals surface area contributed by atoms with Crippen LogP contribution in [0.2, 0.25) is 0 Å². The van der Waals surface area contributed by atoms with E-state index in [1.807, 2.05) is 12.1 Å². The minimum absolute atomic E-state index is 0.101. The molecule has 0 spiro atoms. The zero-order valence-corrected chi connectivity index (χ0v) is 15.2. The van der Waals surface area contributed by atoms with Crippen molar-refractivity contribution in [3.8, 4) is 11.4 Å². The van der Waals surface area contributed by atoms with E-state index in [2.05, 4.69) is 30.6 Å². The Balaban J connectivity index is 1.18. The first-order valence-electron chi connectivity index (χ1n) is 9.22. The maximum absolute atomic E-state index is 12.0. The molecule has 3 aromatic rings. The molecule has 10 nitrogen and oxygen atoms in total. The van der Waals surface area contributed by atoms with Crippen LogP contribution in [0.25, 0.3) is 11.4 Å². The molecule has 1 aliphatic heterocycles. The molecule has 3 aromatic heterocycles. The molecule has 0 radical (unpaired) electrons. The maximum Gasteiger partial charge on any atom is 0.255 e. The number of nitrogens with one attached hydrogen (secondary N) is 1. The lowest BCUT2D eigenvalue weighted by Crippen LogP contribution is -2.23. The summed E-state index contributed by atoms with van der Waals surface area (Å²) < 4.78 is 15.9. The van der Waals surface area contributed by atoms with Crippen LogP contribution in [0, 0.1) is 0 Å². The summed E-state index contributed by atoms with van der Waals surface area (Å²) in [4.78, 5) is 24.6. The van der Waals surface area contributed by atoms with Crippen LogP contribution in [0.1, 0.15) is 49.4 Å². The molecule has 1 fully saturated rings. The number of ether oxygens (including phenoxy) is 1. The molecule has 0 saturated carbocycles. The molecule has 4 rings (SSSR count). The number of amides is 1. The summed E-state index contributed by atoms with van der Waals surface area (Å²) in [6.07, 6.45) is 6.55. The van der Waals surface area contributed by atoms with Crippen molar-refractivity contribution in [3.63, 3.8) is 0 Å². The number of aromatic nitrogens is 5. The van der Waals surface area contributed by atoms with Gasteiger partial charge in [-0.25, -0.2) is 0 Å². The predicted octanol–water partition coefficient (Wildman–Crippen LogP) is 2.01. The molecule has 0 aliphatic carbocycles. The van der Waals surface area contributed by atoms with Crippen LogP contribution in [-0.4, -0.2) is 37.8 Å². The Morgan fingerprint density at radius 3 is 3.04 bits per heavy atom. The van der Waals surface area contributed by atoms with Crippen LogP contribution in [-0.2, 0) is 22.5 Å². The summed E-state index contributed by atoms with van der Waals surface area (Å²) in [5, 5.41) is 10.6. The van der Waals surface area contributed by atoms with Gasteiger partial charge in [0.05, 0.1) is 6.54 Å². The van der Waals surface area contributed by atoms with Gasteiger partial charge < -0.3 is 19.1 Å². The van der Waals surface area contributed by atoms with Crippen molar-refractivity contribution in [2.45, 2.75) is 44.8 Å². The summed E-state index contributed by atoms with van der Waals surface area (Å²) >= 11 is 0. The Labute approximate surface area is 160 Å². The van der Waals surface area contributed by atoms with E-state index >= 15 is 0 Å². The third kappa shape index (κ3) is 4.58. The molecule has 1 atom stereocenters. The van der Waals surface area contributed by atoms with Crippen LogP contribution < -0.4 is 5.32 Å². The second-order valence-electron chi connectivity index (χ2n) is 6.43. The van der Waals surface area contributed by atoms with Crippen molar-refractivity contribution in [2.75, 3.05) is 6.61 Å². The van der Waals surface area contributed by atoms with E-state index in [9.17, 15) is 4.79 Å². The number of hydrogen-bond donors (Lipinski definition) is 1. The topological polar surface area (TPSA) is 129 Å². The normalized spacial score (nSPS) is 16.4. The van der Waals surface area contributed by atoms with Gasteiger partial charge in [0, 0.05) is 37.4 Å². The van der Waals surface area contributed by atoms with Gasteiger partial charge in [-0.15, -0.1) is 0 Å². The molecular weight excluding hydrogens is 364 g/mol. The Morgan fingerprint density at radius 2 is 2.21 bits per heavy atom. The van der Waals surface area contributed by atoms with E-state index in [-0.39, 0.29) is 18.6 Å². The summed E-state index contributed by atoms with van der Waals surface area (Å²) in [6, 6.07) is 3.67. The Hall–Kier alpha value is -3.14. The predicted molar refractivity (Wildman–Crippen MR) is 94.5 cm³/mol. The molecule has 1 amide bonds. The van der Waals surface area contributed by atoms with Crippen LogP contribution in [0.5, 0.6) is 0 Å². The molecule has 146 valence electrons. The Morgan fingerprint density at radius 1 is 1.25 bits per heavy atom. The number of carbonyl (C=O) groups is 1. The van der Waals surface area contributed by atoms with Crippen molar-refractivity contribution < 1.29 is 18.6 Å². The van der Waals surface area contributed by atoms with Gasteiger partial charge >= 0.3 is 0 Å². The molecule has 1 N–H and O–H groups in total. The van der Waals surface area contributed by atoms with Gasteiger partial charge in [-0.3, -0.25) is 9.78 Å². The standard InChI is InChI=1S/C18H20N6O4/c25-15(20-11-14-21-18(28-23-14)13-5-3-9-26-13)6-1-7-16-22-17(24-27-16)12-4-2-8-19-10-12/h2,4,8,10,13H,1,3,5-7,9,11H2,(H,20,25)/t13-/m0/s1. The number of aryl methyl sites for hydroxylation is 1. The molecule has 4 heterocycles. The van der Waals surface area contributed by atoms with Crippen molar-refractivity contribution >= 4 is 5.91 Å². The molecular formula is C18H20N6O4. The summed E-state index contributed by atoms with van der Waals surface area (Å²) in [7, 11) is 0. The average Bonchev–Trinajstić information content (AvgIpc) is 3.48. The minimum Gasteiger partial charge on any atom is -0.368 e. The van der Waals surface area contributed by atoms with Crippen LogP contribution >= 0.6 is 0 Å². The fourth-order valence-corrected chi connectivity index (χ4v) is 2.88. The van der Waals surface area contributed by atoms with Crippen molar-refractivity contribution in [1.29, 1.82) is 0 Å². The largest absolute Gasteiger partial charge is 0.368 e. The van der Waals surface area contributed by atoms with Crippen molar-refractivity contribution in [2.24, 2.45) is 0 Å². The SMILES string of the molecule is O=C(CCCc1nc(-c2cccnc2)no1)NCc1noc([C@@H]2CCCO2)n1. The highest BCUT2D eigenvalue weighted by atomic mass is 16.5. The van der Waals surface area contributed by atoms with Gasteiger partial charge in [-0.2, -0.15) is 9.97 Å². The van der Waals surface area contributed by atoms with Gasteiger partial charge in [0.1, 0.15) is 6.10 Å². The Bertz CT molecular complexity index is 904. The fourth-order valence-electron chi connectivity index (χ4n) is 2.88. The van der Waals surface area contributed by atoms with Crippen molar-refractivity contribution in [1.82, 2.24) is 30.6 Å². The van der Waals surface area contributed by atoms with E-state index in [0.29, 0.717) is 49.3 Å². The lowest BCUT2D eigenvalue weighted by atomic mass is 10.2. The monoisotopic (exact) mass is 384 g/mol. The second kappa shape index (κ2) is 8.70. The molecule has 1 aliphatic rings. The quantitative estimate of drug-likeness (QED) is 0.620. The Kier molecular flexibility index (Phi) is 5.66. The number of rotatable bonds is 8. The molecule has 0 unspecified atom stereocenters. The van der Waals surface area contributed by atoms with Gasteiger partial charge in [-0.05, 0) is 31.4 Å². The lowest BCUT2D eigenvalue weighted by molar-refractivity contribution is -0.121. The maximum atomic E-state index is 12.0. The first-order valence-corrected chi connectivity index (χ1v) is 9.22. The van der Waals surface area contributed by atoms with E-state index in [0.717, 1.165) is 18.4 Å². The van der Waals surface area contributed by atoms with E-state index in [1.165, 1.54) is 0 Å². The minimum atomic E-state index is -0.122. The fraction of sp³-hybridized carbons (Fsp3) is 0.444.